The van der Waals surface area contributed by atoms with E-state index in [-0.39, 0.29) is 11.5 Å². The molecule has 3 aromatic heterocycles. The molecule has 2 atom stereocenters. The van der Waals surface area contributed by atoms with Crippen LogP contribution in [-0.4, -0.2) is 37.5 Å². The van der Waals surface area contributed by atoms with Crippen LogP contribution in [0.15, 0.2) is 76.8 Å². The van der Waals surface area contributed by atoms with E-state index in [4.69, 9.17) is 9.73 Å². The van der Waals surface area contributed by atoms with Crippen LogP contribution in [0.3, 0.4) is 0 Å². The second-order valence-electron chi connectivity index (χ2n) is 8.49. The highest BCUT2D eigenvalue weighted by Gasteiger charge is 2.42. The van der Waals surface area contributed by atoms with Crippen molar-refractivity contribution in [3.8, 4) is 5.88 Å². The number of anilines is 1. The Morgan fingerprint density at radius 3 is 2.97 bits per heavy atom. The molecule has 0 radical (unpaired) electrons. The average Bonchev–Trinajstić information content (AvgIpc) is 3.47. The Bertz CT molecular complexity index is 1350. The first-order valence-electron chi connectivity index (χ1n) is 11.3. The zero-order valence-electron chi connectivity index (χ0n) is 19.4. The highest BCUT2D eigenvalue weighted by Crippen LogP contribution is 2.40. The molecule has 5 rings (SSSR count). The Kier molecular flexibility index (Phi) is 5.53. The topological polar surface area (TPSA) is 109 Å². The zero-order chi connectivity index (χ0) is 23.7. The summed E-state index contributed by atoms with van der Waals surface area (Å²) in [6, 6.07) is 7.48. The third-order valence-corrected chi connectivity index (χ3v) is 6.28. The molecular weight excluding hydrogens is 430 g/mol. The molecule has 0 saturated carbocycles. The summed E-state index contributed by atoms with van der Waals surface area (Å²) >= 11 is 0. The molecule has 3 aromatic rings. The van der Waals surface area contributed by atoms with Gasteiger partial charge in [0, 0.05) is 42.0 Å². The Morgan fingerprint density at radius 2 is 2.18 bits per heavy atom. The molecule has 0 spiro atoms. The lowest BCUT2D eigenvalue weighted by molar-refractivity contribution is 0.326. The van der Waals surface area contributed by atoms with Crippen molar-refractivity contribution in [3.05, 3.63) is 88.6 Å². The number of hydrogen-bond donors (Lipinski definition) is 3. The van der Waals surface area contributed by atoms with Gasteiger partial charge in [-0.15, -0.1) is 0 Å². The van der Waals surface area contributed by atoms with Gasteiger partial charge in [0.05, 0.1) is 30.9 Å². The summed E-state index contributed by atoms with van der Waals surface area (Å²) in [6.07, 6.45) is 11.3. The van der Waals surface area contributed by atoms with Gasteiger partial charge in [-0.05, 0) is 32.1 Å². The predicted molar refractivity (Wildman–Crippen MR) is 132 cm³/mol. The summed E-state index contributed by atoms with van der Waals surface area (Å²) in [5.74, 6) is 1.23. The summed E-state index contributed by atoms with van der Waals surface area (Å²) in [6.45, 7) is 7.12. The van der Waals surface area contributed by atoms with Gasteiger partial charge in [0.1, 0.15) is 16.9 Å². The molecule has 0 bridgehead atoms. The largest absolute Gasteiger partial charge is 0.478 e. The number of pyridine rings is 2. The van der Waals surface area contributed by atoms with Crippen molar-refractivity contribution in [1.82, 2.24) is 24.8 Å². The first-order valence-corrected chi connectivity index (χ1v) is 11.3. The molecule has 1 aliphatic heterocycles. The molecule has 0 amide bonds. The summed E-state index contributed by atoms with van der Waals surface area (Å²) in [4.78, 5) is 29.3. The SMILES string of the molecule is CCOc1cccc(CNc2cc[nH]c(=O)c2C2=NC3(C)C(=CC(n4ccnc4)=CC3C)N2)n1. The normalized spacial score (nSPS) is 21.1. The molecule has 174 valence electrons. The van der Waals surface area contributed by atoms with Gasteiger partial charge in [0.15, 0.2) is 0 Å². The van der Waals surface area contributed by atoms with Gasteiger partial charge < -0.3 is 24.9 Å². The number of aromatic amines is 1. The molecular formula is C25H27N7O2. The first kappa shape index (κ1) is 21.7. The van der Waals surface area contributed by atoms with Gasteiger partial charge in [0.2, 0.25) is 5.88 Å². The van der Waals surface area contributed by atoms with Crippen molar-refractivity contribution in [2.75, 3.05) is 11.9 Å². The number of fused-ring (bicyclic) bond motifs is 1. The van der Waals surface area contributed by atoms with E-state index < -0.39 is 5.54 Å². The zero-order valence-corrected chi connectivity index (χ0v) is 19.4. The Balaban J connectivity index is 1.44. The lowest BCUT2D eigenvalue weighted by atomic mass is 9.81. The van der Waals surface area contributed by atoms with Crippen LogP contribution in [0, 0.1) is 5.92 Å². The second kappa shape index (κ2) is 8.66. The van der Waals surface area contributed by atoms with Gasteiger partial charge in [-0.25, -0.2) is 9.97 Å². The van der Waals surface area contributed by atoms with E-state index in [1.54, 1.807) is 18.7 Å². The average molecular weight is 458 g/mol. The van der Waals surface area contributed by atoms with Crippen molar-refractivity contribution < 1.29 is 4.74 Å². The van der Waals surface area contributed by atoms with Gasteiger partial charge in [-0.3, -0.25) is 9.79 Å². The maximum Gasteiger partial charge on any atom is 0.261 e. The summed E-state index contributed by atoms with van der Waals surface area (Å²) < 4.78 is 7.46. The van der Waals surface area contributed by atoms with Gasteiger partial charge in [0.25, 0.3) is 5.56 Å². The van der Waals surface area contributed by atoms with Gasteiger partial charge in [-0.2, -0.15) is 0 Å². The Labute approximate surface area is 197 Å². The number of aliphatic imine (C=N–C) groups is 1. The van der Waals surface area contributed by atoms with Crippen LogP contribution in [0.5, 0.6) is 5.88 Å². The van der Waals surface area contributed by atoms with E-state index in [1.165, 1.54) is 0 Å². The Morgan fingerprint density at radius 1 is 1.29 bits per heavy atom. The fourth-order valence-corrected chi connectivity index (χ4v) is 4.24. The Hall–Kier alpha value is -4.14. The smallest absolute Gasteiger partial charge is 0.261 e. The molecule has 0 aromatic carbocycles. The van der Waals surface area contributed by atoms with Crippen molar-refractivity contribution in [2.45, 2.75) is 32.9 Å². The fraction of sp³-hybridized carbons (Fsp3) is 0.280. The second-order valence-corrected chi connectivity index (χ2v) is 8.49. The lowest BCUT2D eigenvalue weighted by Gasteiger charge is -2.31. The third kappa shape index (κ3) is 3.89. The van der Waals surface area contributed by atoms with E-state index in [0.29, 0.717) is 36.1 Å². The van der Waals surface area contributed by atoms with Crippen LogP contribution in [0.25, 0.3) is 5.70 Å². The number of allylic oxidation sites excluding steroid dienone is 2. The molecule has 0 saturated heterocycles. The molecule has 4 heterocycles. The van der Waals surface area contributed by atoms with Crippen LogP contribution >= 0.6 is 0 Å². The number of ether oxygens (including phenoxy) is 1. The molecule has 0 fully saturated rings. The summed E-state index contributed by atoms with van der Waals surface area (Å²) in [5, 5.41) is 6.77. The summed E-state index contributed by atoms with van der Waals surface area (Å²) in [5.41, 5.74) is 3.21. The first-order chi connectivity index (χ1) is 16.5. The number of nitrogens with one attached hydrogen (secondary N) is 3. The van der Waals surface area contributed by atoms with E-state index in [1.807, 2.05) is 42.0 Å². The molecule has 2 unspecified atom stereocenters. The molecule has 34 heavy (non-hydrogen) atoms. The van der Waals surface area contributed by atoms with E-state index in [9.17, 15) is 4.79 Å². The number of hydrogen-bond acceptors (Lipinski definition) is 7. The molecule has 9 nitrogen and oxygen atoms in total. The predicted octanol–water partition coefficient (Wildman–Crippen LogP) is 3.16. The number of H-pyrrole nitrogens is 1. The standard InChI is InChI=1S/C25H27N7O2/c1-4-34-21-7-5-6-17(29-21)14-28-19-8-9-27-24(33)22(19)23-30-20-13-18(32-11-10-26-15-32)12-16(2)25(20,3)31-23/h5-13,15-16H,4,14H2,1-3H3,(H,30,31)(H2,27,28,33). The van der Waals surface area contributed by atoms with Gasteiger partial charge >= 0.3 is 0 Å². The maximum absolute atomic E-state index is 12.9. The minimum absolute atomic E-state index is 0.111. The van der Waals surface area contributed by atoms with Crippen molar-refractivity contribution >= 4 is 17.2 Å². The quantitative estimate of drug-likeness (QED) is 0.503. The van der Waals surface area contributed by atoms with Crippen LogP contribution in [0.1, 0.15) is 32.0 Å². The number of aromatic nitrogens is 4. The number of imidazole rings is 1. The monoisotopic (exact) mass is 457 g/mol. The highest BCUT2D eigenvalue weighted by atomic mass is 16.5. The molecule has 1 aliphatic carbocycles. The van der Waals surface area contributed by atoms with Crippen molar-refractivity contribution in [1.29, 1.82) is 0 Å². The molecule has 2 aliphatic rings. The van der Waals surface area contributed by atoms with Crippen molar-refractivity contribution in [2.24, 2.45) is 10.9 Å². The molecule has 3 N–H and O–H groups in total. The van der Waals surface area contributed by atoms with Gasteiger partial charge in [-0.1, -0.05) is 19.1 Å². The van der Waals surface area contributed by atoms with Crippen LogP contribution in [-0.2, 0) is 6.54 Å². The minimum atomic E-state index is -0.494. The fourth-order valence-electron chi connectivity index (χ4n) is 4.24. The maximum atomic E-state index is 12.9. The molecule has 9 heteroatoms. The number of rotatable bonds is 7. The van der Waals surface area contributed by atoms with E-state index in [2.05, 4.69) is 51.6 Å². The number of nitrogens with zero attached hydrogens (tertiary/aromatic N) is 4. The minimum Gasteiger partial charge on any atom is -0.478 e. The van der Waals surface area contributed by atoms with E-state index in [0.717, 1.165) is 17.1 Å². The lowest BCUT2D eigenvalue weighted by Crippen LogP contribution is -2.36. The summed E-state index contributed by atoms with van der Waals surface area (Å²) in [7, 11) is 0. The van der Waals surface area contributed by atoms with Crippen LogP contribution < -0.4 is 20.9 Å². The highest BCUT2D eigenvalue weighted by molar-refractivity contribution is 6.06. The number of amidine groups is 1. The van der Waals surface area contributed by atoms with E-state index >= 15 is 0 Å². The third-order valence-electron chi connectivity index (χ3n) is 6.28. The van der Waals surface area contributed by atoms with Crippen LogP contribution in [0.4, 0.5) is 5.69 Å². The van der Waals surface area contributed by atoms with Crippen LogP contribution in [0.2, 0.25) is 0 Å². The van der Waals surface area contributed by atoms with Crippen molar-refractivity contribution in [3.63, 3.8) is 0 Å².